The van der Waals surface area contributed by atoms with Crippen molar-refractivity contribution >= 4 is 29.3 Å². The van der Waals surface area contributed by atoms with Gasteiger partial charge in [-0.25, -0.2) is 4.79 Å². The molecule has 0 bridgehead atoms. The maximum Gasteiger partial charge on any atom is 0.341 e. The summed E-state index contributed by atoms with van der Waals surface area (Å²) < 4.78 is 12.6. The lowest BCUT2D eigenvalue weighted by atomic mass is 9.98. The van der Waals surface area contributed by atoms with Gasteiger partial charge in [0, 0.05) is 41.9 Å². The highest BCUT2D eigenvalue weighted by molar-refractivity contribution is 7.99. The topological polar surface area (TPSA) is 77.8 Å². The van der Waals surface area contributed by atoms with Crippen molar-refractivity contribution in [2.45, 2.75) is 48.8 Å². The third kappa shape index (κ3) is 3.86. The number of fused-ring (bicyclic) bond motifs is 3. The Labute approximate surface area is 184 Å². The molecule has 8 heteroatoms. The average Bonchev–Trinajstić information content (AvgIpc) is 3.55. The molecule has 0 spiro atoms. The van der Waals surface area contributed by atoms with Crippen LogP contribution in [-0.4, -0.2) is 36.0 Å². The second-order valence-corrected chi connectivity index (χ2v) is 9.21. The molecule has 6 nitrogen and oxygen atoms in total. The Balaban J connectivity index is 1.85. The molecule has 0 radical (unpaired) electrons. The van der Waals surface area contributed by atoms with Crippen LogP contribution in [0.4, 0.5) is 0 Å². The number of carbonyl (C=O) groups is 1. The van der Waals surface area contributed by atoms with E-state index in [-0.39, 0.29) is 16.9 Å². The standard InChI is InChI=1S/C22H24ClNO5S/c1-3-18-13-9-15(22(26)27)21(25)24(12-5-6-12)20(13)14-10-16(23)17(11-19(14)30-18)29-8-4-7-28-2/h9-12,18H,3-8H2,1-2H3,(H,26,27). The number of benzene rings is 1. The van der Waals surface area contributed by atoms with Crippen LogP contribution in [0.2, 0.25) is 5.02 Å². The second-order valence-electron chi connectivity index (χ2n) is 7.56. The average molecular weight is 450 g/mol. The van der Waals surface area contributed by atoms with Crippen molar-refractivity contribution in [2.75, 3.05) is 20.3 Å². The Hall–Kier alpha value is -1.96. The summed E-state index contributed by atoms with van der Waals surface area (Å²) in [5, 5.41) is 10.1. The zero-order valence-electron chi connectivity index (χ0n) is 16.9. The minimum absolute atomic E-state index is 0.0442. The number of hydrogen-bond donors (Lipinski definition) is 1. The van der Waals surface area contributed by atoms with Crippen LogP contribution in [0, 0.1) is 0 Å². The monoisotopic (exact) mass is 449 g/mol. The van der Waals surface area contributed by atoms with Gasteiger partial charge in [0.2, 0.25) is 0 Å². The van der Waals surface area contributed by atoms with E-state index in [0.29, 0.717) is 24.0 Å². The Bertz CT molecular complexity index is 1050. The van der Waals surface area contributed by atoms with Crippen LogP contribution < -0.4 is 10.3 Å². The number of hydrogen-bond acceptors (Lipinski definition) is 5. The van der Waals surface area contributed by atoms with Crippen molar-refractivity contribution in [3.8, 4) is 17.0 Å². The molecule has 1 aliphatic heterocycles. The molecule has 1 aliphatic carbocycles. The molecule has 1 aromatic carbocycles. The van der Waals surface area contributed by atoms with E-state index < -0.39 is 11.5 Å². The van der Waals surface area contributed by atoms with Gasteiger partial charge in [0.25, 0.3) is 5.56 Å². The normalized spacial score (nSPS) is 17.4. The van der Waals surface area contributed by atoms with E-state index in [9.17, 15) is 14.7 Å². The summed E-state index contributed by atoms with van der Waals surface area (Å²) in [5.74, 6) is -0.569. The summed E-state index contributed by atoms with van der Waals surface area (Å²) in [4.78, 5) is 25.7. The maximum atomic E-state index is 13.0. The third-order valence-corrected chi connectivity index (χ3v) is 7.19. The van der Waals surface area contributed by atoms with Gasteiger partial charge >= 0.3 is 5.97 Å². The molecule has 1 unspecified atom stereocenters. The van der Waals surface area contributed by atoms with Crippen molar-refractivity contribution in [3.63, 3.8) is 0 Å². The molecule has 4 rings (SSSR count). The van der Waals surface area contributed by atoms with Crippen molar-refractivity contribution in [2.24, 2.45) is 0 Å². The van der Waals surface area contributed by atoms with Gasteiger partial charge < -0.3 is 19.1 Å². The third-order valence-electron chi connectivity index (χ3n) is 5.43. The molecule has 1 fully saturated rings. The number of pyridine rings is 1. The van der Waals surface area contributed by atoms with Crippen LogP contribution in [-0.2, 0) is 4.74 Å². The molecule has 2 aliphatic rings. The number of carboxylic acids is 1. The smallest absolute Gasteiger partial charge is 0.341 e. The first-order chi connectivity index (χ1) is 14.5. The largest absolute Gasteiger partial charge is 0.492 e. The predicted octanol–water partition coefficient (Wildman–Crippen LogP) is 5.17. The van der Waals surface area contributed by atoms with Gasteiger partial charge in [0.05, 0.1) is 17.3 Å². The molecule has 1 N–H and O–H groups in total. The fraction of sp³-hybridized carbons (Fsp3) is 0.455. The van der Waals surface area contributed by atoms with Crippen LogP contribution in [0.3, 0.4) is 0 Å². The molecule has 30 heavy (non-hydrogen) atoms. The Morgan fingerprint density at radius 2 is 2.07 bits per heavy atom. The number of aromatic nitrogens is 1. The molecule has 1 saturated carbocycles. The first-order valence-corrected chi connectivity index (χ1v) is 11.4. The Morgan fingerprint density at radius 3 is 2.70 bits per heavy atom. The molecule has 0 saturated heterocycles. The minimum Gasteiger partial charge on any atom is -0.492 e. The van der Waals surface area contributed by atoms with Crippen LogP contribution in [0.25, 0.3) is 11.3 Å². The zero-order valence-corrected chi connectivity index (χ0v) is 18.5. The molecular weight excluding hydrogens is 426 g/mol. The van der Waals surface area contributed by atoms with Crippen molar-refractivity contribution in [3.05, 3.63) is 44.7 Å². The first-order valence-electron chi connectivity index (χ1n) is 10.1. The van der Waals surface area contributed by atoms with Gasteiger partial charge in [-0.3, -0.25) is 4.79 Å². The summed E-state index contributed by atoms with van der Waals surface area (Å²) in [7, 11) is 1.65. The number of aromatic carboxylic acids is 1. The summed E-state index contributed by atoms with van der Waals surface area (Å²) in [6.07, 6.45) is 3.33. The Morgan fingerprint density at radius 1 is 1.30 bits per heavy atom. The maximum absolute atomic E-state index is 13.0. The molecule has 1 atom stereocenters. The predicted molar refractivity (Wildman–Crippen MR) is 117 cm³/mol. The van der Waals surface area contributed by atoms with E-state index in [1.165, 1.54) is 0 Å². The van der Waals surface area contributed by atoms with E-state index in [1.807, 2.05) is 12.1 Å². The lowest BCUT2D eigenvalue weighted by molar-refractivity contribution is 0.0694. The lowest BCUT2D eigenvalue weighted by Crippen LogP contribution is -2.29. The van der Waals surface area contributed by atoms with Gasteiger partial charge in [-0.05, 0) is 43.0 Å². The van der Waals surface area contributed by atoms with Crippen molar-refractivity contribution in [1.29, 1.82) is 0 Å². The van der Waals surface area contributed by atoms with Crippen molar-refractivity contribution < 1.29 is 19.4 Å². The molecule has 1 aromatic heterocycles. The fourth-order valence-electron chi connectivity index (χ4n) is 3.85. The van der Waals surface area contributed by atoms with E-state index in [4.69, 9.17) is 21.1 Å². The highest BCUT2D eigenvalue weighted by Gasteiger charge is 2.36. The Kier molecular flexibility index (Phi) is 6.14. The first kappa shape index (κ1) is 21.3. The molecule has 2 heterocycles. The van der Waals surface area contributed by atoms with Crippen LogP contribution in [0.1, 0.15) is 59.8 Å². The highest BCUT2D eigenvalue weighted by Crippen LogP contribution is 2.53. The number of thioether (sulfide) groups is 1. The lowest BCUT2D eigenvalue weighted by Gasteiger charge is -2.30. The van der Waals surface area contributed by atoms with Crippen LogP contribution in [0.15, 0.2) is 27.9 Å². The van der Waals surface area contributed by atoms with Crippen LogP contribution in [0.5, 0.6) is 5.75 Å². The van der Waals surface area contributed by atoms with Gasteiger partial charge in [-0.1, -0.05) is 18.5 Å². The van der Waals surface area contributed by atoms with Gasteiger partial charge in [0.15, 0.2) is 0 Å². The van der Waals surface area contributed by atoms with E-state index in [0.717, 1.165) is 47.4 Å². The van der Waals surface area contributed by atoms with Crippen LogP contribution >= 0.6 is 23.4 Å². The van der Waals surface area contributed by atoms with E-state index in [2.05, 4.69) is 6.92 Å². The van der Waals surface area contributed by atoms with Gasteiger partial charge in [-0.15, -0.1) is 11.8 Å². The SMILES string of the molecule is CCC1Sc2cc(OCCCOC)c(Cl)cc2-c2c1cc(C(=O)O)c(=O)n2C1CC1. The number of carboxylic acid groups (broad SMARTS) is 1. The zero-order chi connectivity index (χ0) is 21.4. The summed E-state index contributed by atoms with van der Waals surface area (Å²) in [5.41, 5.74) is 1.97. The summed E-state index contributed by atoms with van der Waals surface area (Å²) in [6, 6.07) is 5.39. The van der Waals surface area contributed by atoms with Gasteiger partial charge in [0.1, 0.15) is 11.3 Å². The molecule has 160 valence electrons. The minimum atomic E-state index is -1.18. The number of ether oxygens (including phenoxy) is 2. The summed E-state index contributed by atoms with van der Waals surface area (Å²) in [6.45, 7) is 3.18. The van der Waals surface area contributed by atoms with Crippen molar-refractivity contribution in [1.82, 2.24) is 4.57 Å². The molecule has 0 amide bonds. The number of nitrogens with zero attached hydrogens (tertiary/aromatic N) is 1. The number of methoxy groups -OCH3 is 1. The fourth-order valence-corrected chi connectivity index (χ4v) is 5.31. The van der Waals surface area contributed by atoms with Gasteiger partial charge in [-0.2, -0.15) is 0 Å². The number of rotatable bonds is 8. The van der Waals surface area contributed by atoms with E-state index in [1.54, 1.807) is 29.5 Å². The molecular formula is C22H24ClNO5S. The molecule has 2 aromatic rings. The summed E-state index contributed by atoms with van der Waals surface area (Å²) >= 11 is 8.19. The quantitative estimate of drug-likeness (QED) is 0.560. The van der Waals surface area contributed by atoms with E-state index >= 15 is 0 Å². The second kappa shape index (κ2) is 8.65. The number of halogens is 1. The highest BCUT2D eigenvalue weighted by atomic mass is 35.5.